The van der Waals surface area contributed by atoms with Gasteiger partial charge < -0.3 is 14.8 Å². The van der Waals surface area contributed by atoms with Crippen LogP contribution in [0.3, 0.4) is 0 Å². The van der Waals surface area contributed by atoms with Crippen molar-refractivity contribution in [2.24, 2.45) is 0 Å². The third kappa shape index (κ3) is 2.60. The average Bonchev–Trinajstić information content (AvgIpc) is 2.54. The smallest absolute Gasteiger partial charge is 0.183 e. The maximum atomic E-state index is 14.2. The van der Waals surface area contributed by atoms with Crippen LogP contribution in [0.4, 0.5) is 4.39 Å². The van der Waals surface area contributed by atoms with Gasteiger partial charge in [0.25, 0.3) is 0 Å². The SMILES string of the molecule is COc1c([C@@H]2CN3CCNC[C@H]3CO2)ccc(C#N)c1F. The summed E-state index contributed by atoms with van der Waals surface area (Å²) in [4.78, 5) is 2.36. The molecule has 2 aliphatic rings. The number of nitrogens with one attached hydrogen (secondary N) is 1. The third-order valence-corrected chi connectivity index (χ3v) is 4.16. The molecule has 6 heteroatoms. The van der Waals surface area contributed by atoms with Gasteiger partial charge in [-0.3, -0.25) is 4.90 Å². The Bertz CT molecular complexity index is 573. The molecule has 3 rings (SSSR count). The van der Waals surface area contributed by atoms with Gasteiger partial charge in [-0.05, 0) is 6.07 Å². The number of fused-ring (bicyclic) bond motifs is 1. The molecule has 1 aromatic rings. The number of piperazine rings is 1. The largest absolute Gasteiger partial charge is 0.493 e. The molecule has 1 aromatic carbocycles. The Labute approximate surface area is 123 Å². The summed E-state index contributed by atoms with van der Waals surface area (Å²) < 4.78 is 25.3. The zero-order chi connectivity index (χ0) is 14.8. The van der Waals surface area contributed by atoms with Crippen molar-refractivity contribution in [3.05, 3.63) is 29.1 Å². The van der Waals surface area contributed by atoms with Crippen LogP contribution in [-0.4, -0.2) is 50.8 Å². The Hall–Kier alpha value is -1.68. The molecule has 0 bridgehead atoms. The monoisotopic (exact) mass is 291 g/mol. The molecule has 0 amide bonds. The highest BCUT2D eigenvalue weighted by Gasteiger charge is 2.33. The second-order valence-electron chi connectivity index (χ2n) is 5.34. The Balaban J connectivity index is 1.87. The van der Waals surface area contributed by atoms with Crippen LogP contribution in [0, 0.1) is 17.1 Å². The van der Waals surface area contributed by atoms with E-state index in [2.05, 4.69) is 10.2 Å². The van der Waals surface area contributed by atoms with Crippen molar-refractivity contribution in [2.75, 3.05) is 39.9 Å². The Morgan fingerprint density at radius 3 is 3.14 bits per heavy atom. The van der Waals surface area contributed by atoms with E-state index >= 15 is 0 Å². The summed E-state index contributed by atoms with van der Waals surface area (Å²) in [5.74, 6) is -0.490. The minimum Gasteiger partial charge on any atom is -0.493 e. The van der Waals surface area contributed by atoms with E-state index in [0.717, 1.165) is 19.6 Å². The standard InChI is InChI=1S/C15H18FN3O2/c1-20-15-12(3-2-10(6-17)14(15)16)13-8-19-5-4-18-7-11(19)9-21-13/h2-3,11,13,18H,4-5,7-9H2,1H3/t11-,13-/m0/s1. The maximum absolute atomic E-state index is 14.2. The fraction of sp³-hybridized carbons (Fsp3) is 0.533. The van der Waals surface area contributed by atoms with Crippen molar-refractivity contribution >= 4 is 0 Å². The minimum absolute atomic E-state index is 0.00791. The van der Waals surface area contributed by atoms with Crippen molar-refractivity contribution in [1.29, 1.82) is 5.26 Å². The van der Waals surface area contributed by atoms with Gasteiger partial charge in [-0.25, -0.2) is 4.39 Å². The van der Waals surface area contributed by atoms with Gasteiger partial charge in [0.05, 0.1) is 25.4 Å². The molecule has 0 aliphatic carbocycles. The molecule has 2 heterocycles. The molecule has 0 aromatic heterocycles. The van der Waals surface area contributed by atoms with Crippen molar-refractivity contribution in [1.82, 2.24) is 10.2 Å². The predicted octanol–water partition coefficient (Wildman–Crippen LogP) is 1.05. The molecule has 0 saturated carbocycles. The quantitative estimate of drug-likeness (QED) is 0.882. The van der Waals surface area contributed by atoms with E-state index in [1.54, 1.807) is 6.07 Å². The number of benzene rings is 1. The number of rotatable bonds is 2. The molecule has 2 saturated heterocycles. The zero-order valence-corrected chi connectivity index (χ0v) is 11.9. The summed E-state index contributed by atoms with van der Waals surface area (Å²) in [6.45, 7) is 4.18. The first kappa shape index (κ1) is 14.3. The molecule has 0 spiro atoms. The van der Waals surface area contributed by atoms with E-state index in [4.69, 9.17) is 14.7 Å². The van der Waals surface area contributed by atoms with E-state index in [1.165, 1.54) is 13.2 Å². The summed E-state index contributed by atoms with van der Waals surface area (Å²) in [6.07, 6.45) is -0.225. The Kier molecular flexibility index (Phi) is 4.06. The molecule has 2 fully saturated rings. The highest BCUT2D eigenvalue weighted by atomic mass is 19.1. The van der Waals surface area contributed by atoms with E-state index in [-0.39, 0.29) is 17.4 Å². The zero-order valence-electron chi connectivity index (χ0n) is 11.9. The van der Waals surface area contributed by atoms with Crippen LogP contribution < -0.4 is 10.1 Å². The van der Waals surface area contributed by atoms with Crippen molar-refractivity contribution in [3.8, 4) is 11.8 Å². The number of nitriles is 1. The molecule has 112 valence electrons. The fourth-order valence-electron chi connectivity index (χ4n) is 3.01. The average molecular weight is 291 g/mol. The normalized spacial score (nSPS) is 26.0. The Morgan fingerprint density at radius 2 is 2.38 bits per heavy atom. The van der Waals surface area contributed by atoms with E-state index in [1.807, 2.05) is 6.07 Å². The summed E-state index contributed by atoms with van der Waals surface area (Å²) in [5.41, 5.74) is 0.664. The molecule has 0 unspecified atom stereocenters. The number of morpholine rings is 1. The lowest BCUT2D eigenvalue weighted by Crippen LogP contribution is -2.57. The van der Waals surface area contributed by atoms with Crippen molar-refractivity contribution < 1.29 is 13.9 Å². The highest BCUT2D eigenvalue weighted by Crippen LogP contribution is 2.34. The van der Waals surface area contributed by atoms with Crippen LogP contribution in [0.5, 0.6) is 5.75 Å². The van der Waals surface area contributed by atoms with Gasteiger partial charge in [-0.2, -0.15) is 5.26 Å². The van der Waals surface area contributed by atoms with Gasteiger partial charge in [0, 0.05) is 37.8 Å². The van der Waals surface area contributed by atoms with Crippen LogP contribution in [0.25, 0.3) is 0 Å². The number of halogens is 1. The highest BCUT2D eigenvalue weighted by molar-refractivity contribution is 5.45. The van der Waals surface area contributed by atoms with Gasteiger partial charge in [0.2, 0.25) is 0 Å². The van der Waals surface area contributed by atoms with Gasteiger partial charge in [-0.15, -0.1) is 0 Å². The van der Waals surface area contributed by atoms with E-state index < -0.39 is 5.82 Å². The number of nitrogens with zero attached hydrogens (tertiary/aromatic N) is 2. The molecule has 21 heavy (non-hydrogen) atoms. The van der Waals surface area contributed by atoms with Crippen LogP contribution in [-0.2, 0) is 4.74 Å². The molecule has 5 nitrogen and oxygen atoms in total. The van der Waals surface area contributed by atoms with Gasteiger partial charge >= 0.3 is 0 Å². The number of ether oxygens (including phenoxy) is 2. The number of hydrogen-bond acceptors (Lipinski definition) is 5. The topological polar surface area (TPSA) is 57.5 Å². The van der Waals surface area contributed by atoms with Crippen LogP contribution in [0.1, 0.15) is 17.2 Å². The van der Waals surface area contributed by atoms with Crippen molar-refractivity contribution in [2.45, 2.75) is 12.1 Å². The summed E-state index contributed by atoms with van der Waals surface area (Å²) in [5, 5.41) is 12.2. The minimum atomic E-state index is -0.608. The maximum Gasteiger partial charge on any atom is 0.183 e. The molecule has 2 aliphatic heterocycles. The first-order valence-corrected chi connectivity index (χ1v) is 7.07. The summed E-state index contributed by atoms with van der Waals surface area (Å²) >= 11 is 0. The van der Waals surface area contributed by atoms with Crippen LogP contribution in [0.15, 0.2) is 12.1 Å². The third-order valence-electron chi connectivity index (χ3n) is 4.16. The van der Waals surface area contributed by atoms with E-state index in [0.29, 0.717) is 24.8 Å². The fourth-order valence-corrected chi connectivity index (χ4v) is 3.01. The molecular weight excluding hydrogens is 273 g/mol. The van der Waals surface area contributed by atoms with Gasteiger partial charge in [0.15, 0.2) is 11.6 Å². The van der Waals surface area contributed by atoms with Crippen molar-refractivity contribution in [3.63, 3.8) is 0 Å². The lowest BCUT2D eigenvalue weighted by atomic mass is 10.0. The van der Waals surface area contributed by atoms with Crippen LogP contribution in [0.2, 0.25) is 0 Å². The molecular formula is C15H18FN3O2. The number of hydrogen-bond donors (Lipinski definition) is 1. The second-order valence-corrected chi connectivity index (χ2v) is 5.34. The molecule has 1 N–H and O–H groups in total. The number of methoxy groups -OCH3 is 1. The molecule has 0 radical (unpaired) electrons. The summed E-state index contributed by atoms with van der Waals surface area (Å²) in [7, 11) is 1.42. The summed E-state index contributed by atoms with van der Waals surface area (Å²) in [6, 6.07) is 5.43. The van der Waals surface area contributed by atoms with Gasteiger partial charge in [0.1, 0.15) is 6.07 Å². The lowest BCUT2D eigenvalue weighted by molar-refractivity contribution is -0.0725. The predicted molar refractivity (Wildman–Crippen MR) is 74.6 cm³/mol. The Morgan fingerprint density at radius 1 is 1.52 bits per heavy atom. The van der Waals surface area contributed by atoms with Gasteiger partial charge in [-0.1, -0.05) is 6.07 Å². The lowest BCUT2D eigenvalue weighted by Gasteiger charge is -2.42. The second kappa shape index (κ2) is 5.98. The van der Waals surface area contributed by atoms with Crippen LogP contribution >= 0.6 is 0 Å². The first-order valence-electron chi connectivity index (χ1n) is 7.07. The first-order chi connectivity index (χ1) is 10.2. The van der Waals surface area contributed by atoms with E-state index in [9.17, 15) is 4.39 Å². The molecule has 2 atom stereocenters.